The van der Waals surface area contributed by atoms with E-state index < -0.39 is 0 Å². The first kappa shape index (κ1) is 16.4. The van der Waals surface area contributed by atoms with Crippen LogP contribution in [0.2, 0.25) is 0 Å². The van der Waals surface area contributed by atoms with E-state index in [2.05, 4.69) is 16.8 Å². The number of aromatic nitrogens is 1. The largest absolute Gasteiger partial charge is 0.391 e. The molecule has 5 nitrogen and oxygen atoms in total. The summed E-state index contributed by atoms with van der Waals surface area (Å²) in [6.07, 6.45) is 1.95. The lowest BCUT2D eigenvalue weighted by Crippen LogP contribution is -2.30. The molecule has 0 spiro atoms. The van der Waals surface area contributed by atoms with Crippen molar-refractivity contribution >= 4 is 16.5 Å². The maximum Gasteiger partial charge on any atom is 0.186 e. The molecular weight excluding hydrogens is 264 g/mol. The summed E-state index contributed by atoms with van der Waals surface area (Å²) in [5, 5.41) is 10.3. The lowest BCUT2D eigenvalue weighted by molar-refractivity contribution is 0.190. The zero-order chi connectivity index (χ0) is 14.1. The zero-order valence-corrected chi connectivity index (χ0v) is 12.8. The van der Waals surface area contributed by atoms with Crippen LogP contribution in [0.4, 0.5) is 5.13 Å². The molecule has 0 aliphatic heterocycles. The number of aliphatic hydroxyl groups is 1. The molecule has 1 heterocycles. The predicted molar refractivity (Wildman–Crippen MR) is 78.0 cm³/mol. The molecule has 1 rings (SSSR count). The van der Waals surface area contributed by atoms with Gasteiger partial charge < -0.3 is 19.5 Å². The number of aryl methyl sites for hydroxylation is 1. The third kappa shape index (κ3) is 5.06. The second-order valence-corrected chi connectivity index (χ2v) is 5.31. The number of anilines is 1. The second kappa shape index (κ2) is 9.25. The van der Waals surface area contributed by atoms with Gasteiger partial charge >= 0.3 is 0 Å². The molecule has 0 amide bonds. The normalized spacial score (nSPS) is 10.9. The van der Waals surface area contributed by atoms with Gasteiger partial charge in [-0.3, -0.25) is 0 Å². The van der Waals surface area contributed by atoms with Crippen LogP contribution in [0, 0.1) is 0 Å². The fraction of sp³-hybridized carbons (Fsp3) is 0.769. The fourth-order valence-electron chi connectivity index (χ4n) is 1.77. The smallest absolute Gasteiger partial charge is 0.186 e. The van der Waals surface area contributed by atoms with Crippen LogP contribution < -0.4 is 4.90 Å². The first-order valence-electron chi connectivity index (χ1n) is 6.59. The Morgan fingerprint density at radius 2 is 1.84 bits per heavy atom. The minimum Gasteiger partial charge on any atom is -0.391 e. The Labute approximate surface area is 119 Å². The maximum absolute atomic E-state index is 9.39. The average molecular weight is 288 g/mol. The van der Waals surface area contributed by atoms with E-state index >= 15 is 0 Å². The van der Waals surface area contributed by atoms with Crippen molar-refractivity contribution in [3.63, 3.8) is 0 Å². The first-order chi connectivity index (χ1) is 9.26. The summed E-state index contributed by atoms with van der Waals surface area (Å²) < 4.78 is 10.3. The van der Waals surface area contributed by atoms with Gasteiger partial charge in [-0.1, -0.05) is 24.7 Å². The van der Waals surface area contributed by atoms with Crippen LogP contribution in [-0.4, -0.2) is 50.6 Å². The molecule has 0 fully saturated rings. The van der Waals surface area contributed by atoms with E-state index in [-0.39, 0.29) is 6.61 Å². The number of aliphatic hydroxyl groups excluding tert-OH is 1. The molecule has 0 aliphatic carbocycles. The third-order valence-electron chi connectivity index (χ3n) is 2.80. The van der Waals surface area contributed by atoms with Crippen molar-refractivity contribution in [1.29, 1.82) is 0 Å². The highest BCUT2D eigenvalue weighted by Gasteiger charge is 2.15. The average Bonchev–Trinajstić information content (AvgIpc) is 2.82. The summed E-state index contributed by atoms with van der Waals surface area (Å²) in [4.78, 5) is 7.77. The van der Waals surface area contributed by atoms with Gasteiger partial charge in [-0.15, -0.1) is 0 Å². The monoisotopic (exact) mass is 288 g/mol. The molecule has 0 saturated carbocycles. The predicted octanol–water partition coefficient (Wildman–Crippen LogP) is 1.69. The number of nitrogens with zero attached hydrogens (tertiary/aromatic N) is 2. The summed E-state index contributed by atoms with van der Waals surface area (Å²) in [5.74, 6) is 0. The highest BCUT2D eigenvalue weighted by Crippen LogP contribution is 2.27. The van der Waals surface area contributed by atoms with Gasteiger partial charge in [0.05, 0.1) is 30.4 Å². The molecule has 19 heavy (non-hydrogen) atoms. The summed E-state index contributed by atoms with van der Waals surface area (Å²) in [7, 11) is 3.38. The molecule has 0 aromatic carbocycles. The van der Waals surface area contributed by atoms with Crippen molar-refractivity contribution in [1.82, 2.24) is 4.98 Å². The Kier molecular flexibility index (Phi) is 7.97. The summed E-state index contributed by atoms with van der Waals surface area (Å²) in [5.41, 5.74) is 1.02. The Hall–Kier alpha value is -0.690. The summed E-state index contributed by atoms with van der Waals surface area (Å²) >= 11 is 1.56. The minimum absolute atomic E-state index is 0.0649. The van der Waals surface area contributed by atoms with Gasteiger partial charge in [-0.25, -0.2) is 4.98 Å². The summed E-state index contributed by atoms with van der Waals surface area (Å²) in [6.45, 7) is 5.05. The van der Waals surface area contributed by atoms with E-state index in [0.29, 0.717) is 13.2 Å². The fourth-order valence-corrected chi connectivity index (χ4v) is 2.78. The van der Waals surface area contributed by atoms with Crippen molar-refractivity contribution in [2.24, 2.45) is 0 Å². The van der Waals surface area contributed by atoms with Crippen molar-refractivity contribution in [3.8, 4) is 0 Å². The molecule has 6 heteroatoms. The highest BCUT2D eigenvalue weighted by molar-refractivity contribution is 7.15. The maximum atomic E-state index is 9.39. The van der Waals surface area contributed by atoms with E-state index in [1.165, 1.54) is 0 Å². The molecule has 0 aliphatic rings. The van der Waals surface area contributed by atoms with Gasteiger partial charge in [0, 0.05) is 27.3 Å². The van der Waals surface area contributed by atoms with Gasteiger partial charge in [0.15, 0.2) is 5.13 Å². The molecule has 0 radical (unpaired) electrons. The Bertz CT molecular complexity index is 350. The standard InChI is InChI=1S/C13H24N2O3S/c1-4-5-11-12(10-16)19-13(14-11)15(6-8-17-2)7-9-18-3/h16H,4-10H2,1-3H3. The van der Waals surface area contributed by atoms with Crippen LogP contribution >= 0.6 is 11.3 Å². The molecule has 1 aromatic rings. The Morgan fingerprint density at radius 1 is 1.21 bits per heavy atom. The van der Waals surface area contributed by atoms with Crippen LogP contribution in [0.5, 0.6) is 0 Å². The van der Waals surface area contributed by atoms with Crippen molar-refractivity contribution in [3.05, 3.63) is 10.6 Å². The van der Waals surface area contributed by atoms with Crippen LogP contribution in [-0.2, 0) is 22.5 Å². The molecular formula is C13H24N2O3S. The topological polar surface area (TPSA) is 54.8 Å². The number of rotatable bonds is 10. The molecule has 0 unspecified atom stereocenters. The third-order valence-corrected chi connectivity index (χ3v) is 3.94. The number of methoxy groups -OCH3 is 2. The van der Waals surface area contributed by atoms with E-state index in [9.17, 15) is 5.11 Å². The van der Waals surface area contributed by atoms with Crippen molar-refractivity contribution in [2.45, 2.75) is 26.4 Å². The molecule has 0 bridgehead atoms. The minimum atomic E-state index is 0.0649. The lowest BCUT2D eigenvalue weighted by atomic mass is 10.2. The van der Waals surface area contributed by atoms with E-state index in [1.807, 2.05) is 0 Å². The highest BCUT2D eigenvalue weighted by atomic mass is 32.1. The van der Waals surface area contributed by atoms with Crippen LogP contribution in [0.3, 0.4) is 0 Å². The van der Waals surface area contributed by atoms with Gasteiger partial charge in [-0.05, 0) is 6.42 Å². The molecule has 1 aromatic heterocycles. The van der Waals surface area contributed by atoms with E-state index in [1.54, 1.807) is 25.6 Å². The van der Waals surface area contributed by atoms with Gasteiger partial charge in [0.2, 0.25) is 0 Å². The number of hydrogen-bond donors (Lipinski definition) is 1. The SMILES string of the molecule is CCCc1nc(N(CCOC)CCOC)sc1CO. The van der Waals surface area contributed by atoms with E-state index in [4.69, 9.17) is 9.47 Å². The molecule has 0 saturated heterocycles. The van der Waals surface area contributed by atoms with Crippen LogP contribution in [0.25, 0.3) is 0 Å². The summed E-state index contributed by atoms with van der Waals surface area (Å²) in [6, 6.07) is 0. The molecule has 0 atom stereocenters. The number of thiazole rings is 1. The zero-order valence-electron chi connectivity index (χ0n) is 12.0. The van der Waals surface area contributed by atoms with Crippen LogP contribution in [0.1, 0.15) is 23.9 Å². The number of ether oxygens (including phenoxy) is 2. The van der Waals surface area contributed by atoms with Crippen molar-refractivity contribution in [2.75, 3.05) is 45.4 Å². The van der Waals surface area contributed by atoms with Crippen LogP contribution in [0.15, 0.2) is 0 Å². The quantitative estimate of drug-likeness (QED) is 0.710. The molecule has 110 valence electrons. The van der Waals surface area contributed by atoms with E-state index in [0.717, 1.165) is 41.6 Å². The first-order valence-corrected chi connectivity index (χ1v) is 7.40. The molecule has 1 N–H and O–H groups in total. The Morgan fingerprint density at radius 3 is 2.32 bits per heavy atom. The van der Waals surface area contributed by atoms with Gasteiger partial charge in [-0.2, -0.15) is 0 Å². The lowest BCUT2D eigenvalue weighted by Gasteiger charge is -2.20. The van der Waals surface area contributed by atoms with Crippen molar-refractivity contribution < 1.29 is 14.6 Å². The van der Waals surface area contributed by atoms with Gasteiger partial charge in [0.1, 0.15) is 0 Å². The second-order valence-electron chi connectivity index (χ2n) is 4.25. The van der Waals surface area contributed by atoms with Gasteiger partial charge in [0.25, 0.3) is 0 Å². The number of hydrogen-bond acceptors (Lipinski definition) is 6. The Balaban J connectivity index is 2.80.